The standard InChI is InChI=1S/C20H20N4O2/c1-13-22-17-8-4-5-9-18(17)24(13)11-10-21-20(26)15-12-19(25)23-16-7-3-2-6-14(15)16/h2-9,15H,10-12H2,1H3,(H,21,26)(H,23,25). The molecule has 26 heavy (non-hydrogen) atoms. The molecule has 0 fully saturated rings. The van der Waals surface area contributed by atoms with Crippen LogP contribution in [0.4, 0.5) is 5.69 Å². The highest BCUT2D eigenvalue weighted by Crippen LogP contribution is 2.31. The van der Waals surface area contributed by atoms with Crippen molar-refractivity contribution >= 4 is 28.5 Å². The van der Waals surface area contributed by atoms with E-state index in [1.807, 2.05) is 55.5 Å². The minimum atomic E-state index is -0.444. The van der Waals surface area contributed by atoms with Gasteiger partial charge >= 0.3 is 0 Å². The Balaban J connectivity index is 1.46. The van der Waals surface area contributed by atoms with Crippen molar-refractivity contribution in [3.8, 4) is 0 Å². The normalized spacial score (nSPS) is 16.2. The maximum atomic E-state index is 12.7. The molecule has 0 spiro atoms. The van der Waals surface area contributed by atoms with Crippen molar-refractivity contribution in [2.45, 2.75) is 25.8 Å². The van der Waals surface area contributed by atoms with Crippen molar-refractivity contribution in [1.82, 2.24) is 14.9 Å². The molecule has 1 aromatic heterocycles. The molecule has 6 nitrogen and oxygen atoms in total. The first kappa shape index (κ1) is 16.3. The van der Waals surface area contributed by atoms with E-state index in [1.165, 1.54) is 0 Å². The molecule has 6 heteroatoms. The molecule has 2 N–H and O–H groups in total. The minimum Gasteiger partial charge on any atom is -0.354 e. The quantitative estimate of drug-likeness (QED) is 0.761. The number of anilines is 1. The number of rotatable bonds is 4. The summed E-state index contributed by atoms with van der Waals surface area (Å²) in [7, 11) is 0. The molecule has 0 aliphatic carbocycles. The maximum absolute atomic E-state index is 12.7. The first-order chi connectivity index (χ1) is 12.6. The third-order valence-corrected chi connectivity index (χ3v) is 4.80. The molecule has 4 rings (SSSR count). The van der Waals surface area contributed by atoms with Gasteiger partial charge in [0, 0.05) is 25.2 Å². The number of nitrogens with one attached hydrogen (secondary N) is 2. The topological polar surface area (TPSA) is 76.0 Å². The van der Waals surface area contributed by atoms with Gasteiger partial charge in [0.15, 0.2) is 0 Å². The van der Waals surface area contributed by atoms with Crippen LogP contribution in [0, 0.1) is 6.92 Å². The predicted molar refractivity (Wildman–Crippen MR) is 99.9 cm³/mol. The first-order valence-corrected chi connectivity index (χ1v) is 8.72. The van der Waals surface area contributed by atoms with Crippen LogP contribution in [-0.2, 0) is 16.1 Å². The summed E-state index contributed by atoms with van der Waals surface area (Å²) in [5, 5.41) is 5.80. The van der Waals surface area contributed by atoms with Gasteiger partial charge in [0.05, 0.1) is 17.0 Å². The Morgan fingerprint density at radius 1 is 1.23 bits per heavy atom. The van der Waals surface area contributed by atoms with Gasteiger partial charge in [-0.15, -0.1) is 0 Å². The first-order valence-electron chi connectivity index (χ1n) is 8.72. The van der Waals surface area contributed by atoms with E-state index >= 15 is 0 Å². The molecule has 2 amide bonds. The molecule has 1 unspecified atom stereocenters. The summed E-state index contributed by atoms with van der Waals surface area (Å²) >= 11 is 0. The number of fused-ring (bicyclic) bond motifs is 2. The number of carbonyl (C=O) groups is 2. The number of benzene rings is 2. The van der Waals surface area contributed by atoms with Gasteiger partial charge in [0.2, 0.25) is 11.8 Å². The van der Waals surface area contributed by atoms with Gasteiger partial charge in [-0.25, -0.2) is 4.98 Å². The van der Waals surface area contributed by atoms with Crippen LogP contribution < -0.4 is 10.6 Å². The van der Waals surface area contributed by atoms with E-state index in [-0.39, 0.29) is 18.2 Å². The number of aromatic nitrogens is 2. The molecule has 0 saturated heterocycles. The van der Waals surface area contributed by atoms with Crippen LogP contribution in [0.5, 0.6) is 0 Å². The summed E-state index contributed by atoms with van der Waals surface area (Å²) in [6.07, 6.45) is 0.176. The number of carbonyl (C=O) groups excluding carboxylic acids is 2. The van der Waals surface area contributed by atoms with Gasteiger partial charge in [0.1, 0.15) is 5.82 Å². The number of hydrogen-bond donors (Lipinski definition) is 2. The second kappa shape index (κ2) is 6.63. The van der Waals surface area contributed by atoms with E-state index in [0.717, 1.165) is 28.1 Å². The Hall–Kier alpha value is -3.15. The highest BCUT2D eigenvalue weighted by molar-refractivity contribution is 6.01. The second-order valence-corrected chi connectivity index (χ2v) is 6.48. The molecule has 0 bridgehead atoms. The molecule has 1 aliphatic rings. The molecule has 1 atom stereocenters. The molecule has 132 valence electrons. The van der Waals surface area contributed by atoms with Crippen molar-refractivity contribution in [2.24, 2.45) is 0 Å². The average Bonchev–Trinajstić information content (AvgIpc) is 2.96. The number of amides is 2. The smallest absolute Gasteiger partial charge is 0.228 e. The summed E-state index contributed by atoms with van der Waals surface area (Å²) in [5.74, 6) is 0.234. The van der Waals surface area contributed by atoms with E-state index in [0.29, 0.717) is 13.1 Å². The van der Waals surface area contributed by atoms with Gasteiger partial charge < -0.3 is 15.2 Å². The van der Waals surface area contributed by atoms with Crippen LogP contribution in [0.3, 0.4) is 0 Å². The zero-order valence-corrected chi connectivity index (χ0v) is 14.5. The Morgan fingerprint density at radius 2 is 2.00 bits per heavy atom. The minimum absolute atomic E-state index is 0.116. The largest absolute Gasteiger partial charge is 0.354 e. The van der Waals surface area contributed by atoms with Gasteiger partial charge in [-0.3, -0.25) is 9.59 Å². The fourth-order valence-electron chi connectivity index (χ4n) is 3.54. The summed E-state index contributed by atoms with van der Waals surface area (Å²) in [4.78, 5) is 29.1. The van der Waals surface area contributed by atoms with Crippen LogP contribution in [0.2, 0.25) is 0 Å². The molecule has 3 aromatic rings. The van der Waals surface area contributed by atoms with Crippen LogP contribution in [0.1, 0.15) is 23.7 Å². The highest BCUT2D eigenvalue weighted by Gasteiger charge is 2.30. The lowest BCUT2D eigenvalue weighted by molar-refractivity contribution is -0.126. The van der Waals surface area contributed by atoms with Gasteiger partial charge in [-0.05, 0) is 30.7 Å². The van der Waals surface area contributed by atoms with Crippen molar-refractivity contribution < 1.29 is 9.59 Å². The maximum Gasteiger partial charge on any atom is 0.228 e. The monoisotopic (exact) mass is 348 g/mol. The fourth-order valence-corrected chi connectivity index (χ4v) is 3.54. The Kier molecular flexibility index (Phi) is 4.16. The molecule has 0 radical (unpaired) electrons. The van der Waals surface area contributed by atoms with Gasteiger partial charge in [-0.1, -0.05) is 30.3 Å². The summed E-state index contributed by atoms with van der Waals surface area (Å²) in [6.45, 7) is 3.09. The second-order valence-electron chi connectivity index (χ2n) is 6.48. The number of nitrogens with zero attached hydrogens (tertiary/aromatic N) is 2. The van der Waals surface area contributed by atoms with Crippen molar-refractivity contribution in [3.63, 3.8) is 0 Å². The summed E-state index contributed by atoms with van der Waals surface area (Å²) in [6, 6.07) is 15.4. The lowest BCUT2D eigenvalue weighted by Gasteiger charge is -2.24. The SMILES string of the molecule is Cc1nc2ccccc2n1CCNC(=O)C1CC(=O)Nc2ccccc21. The van der Waals surface area contributed by atoms with E-state index in [1.54, 1.807) is 0 Å². The Bertz CT molecular complexity index is 992. The third-order valence-electron chi connectivity index (χ3n) is 4.80. The average molecular weight is 348 g/mol. The lowest BCUT2D eigenvalue weighted by atomic mass is 9.90. The Morgan fingerprint density at radius 3 is 2.88 bits per heavy atom. The number of aryl methyl sites for hydroxylation is 1. The zero-order valence-electron chi connectivity index (χ0n) is 14.5. The summed E-state index contributed by atoms with van der Waals surface area (Å²) < 4.78 is 2.09. The fraction of sp³-hybridized carbons (Fsp3) is 0.250. The molecule has 2 aromatic carbocycles. The third kappa shape index (κ3) is 2.94. The predicted octanol–water partition coefficient (Wildman–Crippen LogP) is 2.59. The number of hydrogen-bond acceptors (Lipinski definition) is 3. The van der Waals surface area contributed by atoms with Crippen LogP contribution in [0.15, 0.2) is 48.5 Å². The molecule has 0 saturated carbocycles. The van der Waals surface area contributed by atoms with E-state index in [9.17, 15) is 9.59 Å². The van der Waals surface area contributed by atoms with E-state index in [4.69, 9.17) is 0 Å². The van der Waals surface area contributed by atoms with Crippen LogP contribution >= 0.6 is 0 Å². The van der Waals surface area contributed by atoms with Crippen molar-refractivity contribution in [3.05, 3.63) is 59.9 Å². The number of imidazole rings is 1. The molecule has 2 heterocycles. The molecule has 1 aliphatic heterocycles. The highest BCUT2D eigenvalue weighted by atomic mass is 16.2. The van der Waals surface area contributed by atoms with Crippen molar-refractivity contribution in [2.75, 3.05) is 11.9 Å². The summed E-state index contributed by atoms with van der Waals surface area (Å²) in [5.41, 5.74) is 3.60. The van der Waals surface area contributed by atoms with Crippen LogP contribution in [0.25, 0.3) is 11.0 Å². The number of para-hydroxylation sites is 3. The van der Waals surface area contributed by atoms with E-state index in [2.05, 4.69) is 20.2 Å². The lowest BCUT2D eigenvalue weighted by Crippen LogP contribution is -2.36. The Labute approximate surface area is 151 Å². The van der Waals surface area contributed by atoms with Gasteiger partial charge in [-0.2, -0.15) is 0 Å². The van der Waals surface area contributed by atoms with E-state index < -0.39 is 5.92 Å². The van der Waals surface area contributed by atoms with Crippen LogP contribution in [-0.4, -0.2) is 27.9 Å². The van der Waals surface area contributed by atoms with Crippen molar-refractivity contribution in [1.29, 1.82) is 0 Å². The van der Waals surface area contributed by atoms with Gasteiger partial charge in [0.25, 0.3) is 0 Å². The molecular formula is C20H20N4O2. The zero-order chi connectivity index (χ0) is 18.1. The molecular weight excluding hydrogens is 328 g/mol.